The molecule has 0 aliphatic heterocycles. The van der Waals surface area contributed by atoms with E-state index in [1.165, 1.54) is 29.4 Å². The van der Waals surface area contributed by atoms with Crippen LogP contribution in [0.15, 0.2) is 65.8 Å². The Hall–Kier alpha value is -4.28. The summed E-state index contributed by atoms with van der Waals surface area (Å²) in [4.78, 5) is 12.9. The average Bonchev–Trinajstić information content (AvgIpc) is 3.25. The molecule has 1 N–H and O–H groups in total. The van der Waals surface area contributed by atoms with Gasteiger partial charge in [-0.2, -0.15) is 23.4 Å². The van der Waals surface area contributed by atoms with Crippen LogP contribution in [-0.4, -0.2) is 41.0 Å². The molecule has 0 saturated carbocycles. The monoisotopic (exact) mass is 487 g/mol. The summed E-state index contributed by atoms with van der Waals surface area (Å²) in [5, 5.41) is 12.2. The molecule has 1 aromatic heterocycles. The maximum absolute atomic E-state index is 14.9. The van der Waals surface area contributed by atoms with E-state index in [1.807, 2.05) is 0 Å². The Kier molecular flexibility index (Phi) is 6.25. The number of halogens is 5. The number of alkyl halides is 3. The number of carbonyl (C=O) groups excluding carboxylic acids is 1. The lowest BCUT2D eigenvalue weighted by Gasteiger charge is -2.11. The van der Waals surface area contributed by atoms with Crippen molar-refractivity contribution in [2.75, 3.05) is 19.4 Å². The van der Waals surface area contributed by atoms with Crippen LogP contribution in [0.25, 0.3) is 16.5 Å². The number of benzene rings is 3. The number of hydrogen-bond acceptors (Lipinski definition) is 4. The maximum Gasteiger partial charge on any atom is 0.435 e. The maximum atomic E-state index is 14.9. The third kappa shape index (κ3) is 5.13. The molecule has 0 aliphatic rings. The van der Waals surface area contributed by atoms with Crippen LogP contribution in [0.3, 0.4) is 0 Å². The van der Waals surface area contributed by atoms with Gasteiger partial charge in [-0.05, 0) is 40.6 Å². The molecule has 3 aromatic carbocycles. The molecule has 11 heteroatoms. The number of anilines is 1. The second-order valence-electron chi connectivity index (χ2n) is 7.76. The molecule has 4 aromatic rings. The topological polar surface area (TPSA) is 62.5 Å². The van der Waals surface area contributed by atoms with E-state index < -0.39 is 35.1 Å². The minimum absolute atomic E-state index is 0.280. The Labute approximate surface area is 196 Å². The summed E-state index contributed by atoms with van der Waals surface area (Å²) in [7, 11) is 3.36. The summed E-state index contributed by atoms with van der Waals surface area (Å²) in [5.74, 6) is -2.82. The first-order valence-corrected chi connectivity index (χ1v) is 10.2. The van der Waals surface area contributed by atoms with Crippen molar-refractivity contribution in [3.8, 4) is 5.69 Å². The molecule has 0 aliphatic carbocycles. The summed E-state index contributed by atoms with van der Waals surface area (Å²) in [6, 6.07) is 13.4. The van der Waals surface area contributed by atoms with Crippen LogP contribution in [0.2, 0.25) is 0 Å². The quantitative estimate of drug-likeness (QED) is 0.231. The first-order valence-electron chi connectivity index (χ1n) is 10.2. The molecule has 1 amide bonds. The van der Waals surface area contributed by atoms with Gasteiger partial charge in [0.25, 0.3) is 5.91 Å². The fourth-order valence-corrected chi connectivity index (χ4v) is 3.31. The lowest BCUT2D eigenvalue weighted by atomic mass is 10.1. The smallest absolute Gasteiger partial charge is 0.318 e. The van der Waals surface area contributed by atoms with Crippen LogP contribution in [-0.2, 0) is 6.18 Å². The Morgan fingerprint density at radius 1 is 1.00 bits per heavy atom. The van der Waals surface area contributed by atoms with E-state index in [9.17, 15) is 26.7 Å². The fraction of sp³-hybridized carbons (Fsp3) is 0.125. The molecule has 0 fully saturated rings. The molecule has 4 rings (SSSR count). The molecule has 1 heterocycles. The minimum Gasteiger partial charge on any atom is -0.318 e. The van der Waals surface area contributed by atoms with E-state index in [0.29, 0.717) is 27.1 Å². The highest BCUT2D eigenvalue weighted by molar-refractivity contribution is 6.04. The highest BCUT2D eigenvalue weighted by Gasteiger charge is 2.36. The van der Waals surface area contributed by atoms with Crippen LogP contribution in [0.5, 0.6) is 0 Å². The van der Waals surface area contributed by atoms with Crippen molar-refractivity contribution in [1.29, 1.82) is 0 Å². The normalized spacial score (nSPS) is 11.9. The van der Waals surface area contributed by atoms with E-state index in [2.05, 4.69) is 15.5 Å². The standard InChI is InChI=1S/C24H18F5N5O/c1-33(2)30-13-14-7-8-19(17(25)9-14)31-23(35)21-12-22(24(27,28)29)32-34(21)20-11-16-6-4-3-5-15(16)10-18(20)26/h3-13H,1-2H3,(H,31,35)/b30-13-. The number of carbonyl (C=O) groups is 1. The number of aromatic nitrogens is 2. The lowest BCUT2D eigenvalue weighted by molar-refractivity contribution is -0.141. The number of fused-ring (bicyclic) bond motifs is 1. The Bertz CT molecular complexity index is 1440. The third-order valence-electron chi connectivity index (χ3n) is 4.95. The van der Waals surface area contributed by atoms with Crippen LogP contribution in [0.1, 0.15) is 21.7 Å². The van der Waals surface area contributed by atoms with Crippen molar-refractivity contribution < 1.29 is 26.7 Å². The molecule has 0 atom stereocenters. The van der Waals surface area contributed by atoms with Crippen molar-refractivity contribution in [3.05, 3.63) is 89.2 Å². The van der Waals surface area contributed by atoms with E-state index in [4.69, 9.17) is 0 Å². The van der Waals surface area contributed by atoms with Gasteiger partial charge in [-0.3, -0.25) is 4.79 Å². The van der Waals surface area contributed by atoms with Crippen molar-refractivity contribution in [1.82, 2.24) is 14.8 Å². The molecular weight excluding hydrogens is 469 g/mol. The first kappa shape index (κ1) is 23.9. The molecule has 180 valence electrons. The summed E-state index contributed by atoms with van der Waals surface area (Å²) in [5.41, 5.74) is -2.26. The van der Waals surface area contributed by atoms with Gasteiger partial charge < -0.3 is 10.3 Å². The van der Waals surface area contributed by atoms with Gasteiger partial charge in [-0.15, -0.1) is 0 Å². The van der Waals surface area contributed by atoms with Crippen molar-refractivity contribution in [3.63, 3.8) is 0 Å². The van der Waals surface area contributed by atoms with Crippen LogP contribution in [0.4, 0.5) is 27.6 Å². The molecular formula is C24H18F5N5O. The van der Waals surface area contributed by atoms with Gasteiger partial charge in [-0.25, -0.2) is 13.5 Å². The fourth-order valence-electron chi connectivity index (χ4n) is 3.31. The highest BCUT2D eigenvalue weighted by atomic mass is 19.4. The summed E-state index contributed by atoms with van der Waals surface area (Å²) >= 11 is 0. The van der Waals surface area contributed by atoms with Gasteiger partial charge in [0.15, 0.2) is 5.69 Å². The van der Waals surface area contributed by atoms with Crippen molar-refractivity contribution in [2.24, 2.45) is 5.10 Å². The molecule has 0 saturated heterocycles. The summed E-state index contributed by atoms with van der Waals surface area (Å²) < 4.78 is 70.2. The molecule has 0 unspecified atom stereocenters. The summed E-state index contributed by atoms with van der Waals surface area (Å²) in [6.45, 7) is 0. The first-order chi connectivity index (χ1) is 16.5. The summed E-state index contributed by atoms with van der Waals surface area (Å²) in [6.07, 6.45) is -3.51. The SMILES string of the molecule is CN(C)/N=C\c1ccc(NC(=O)c2cc(C(F)(F)F)nn2-c2cc3ccccc3cc2F)c(F)c1. The molecule has 0 spiro atoms. The molecule has 35 heavy (non-hydrogen) atoms. The van der Waals surface area contributed by atoms with E-state index in [0.717, 1.165) is 12.1 Å². The second-order valence-corrected chi connectivity index (χ2v) is 7.76. The van der Waals surface area contributed by atoms with Gasteiger partial charge in [0, 0.05) is 20.2 Å². The van der Waals surface area contributed by atoms with E-state index in [-0.39, 0.29) is 11.4 Å². The Morgan fingerprint density at radius 3 is 2.31 bits per heavy atom. The van der Waals surface area contributed by atoms with Crippen LogP contribution >= 0.6 is 0 Å². The highest BCUT2D eigenvalue weighted by Crippen LogP contribution is 2.31. The van der Waals surface area contributed by atoms with Crippen molar-refractivity contribution in [2.45, 2.75) is 6.18 Å². The number of nitrogens with one attached hydrogen (secondary N) is 1. The number of hydrazone groups is 1. The van der Waals surface area contributed by atoms with E-state index in [1.54, 1.807) is 38.4 Å². The minimum atomic E-state index is -4.90. The molecule has 0 bridgehead atoms. The van der Waals surface area contributed by atoms with Gasteiger partial charge in [0.2, 0.25) is 0 Å². The van der Waals surface area contributed by atoms with Gasteiger partial charge in [0.05, 0.1) is 11.9 Å². The Morgan fingerprint density at radius 2 is 1.69 bits per heavy atom. The number of rotatable bonds is 5. The number of amides is 1. The van der Waals surface area contributed by atoms with Gasteiger partial charge >= 0.3 is 6.18 Å². The predicted molar refractivity (Wildman–Crippen MR) is 122 cm³/mol. The molecule has 6 nitrogen and oxygen atoms in total. The van der Waals surface area contributed by atoms with Crippen LogP contribution < -0.4 is 5.32 Å². The largest absolute Gasteiger partial charge is 0.435 e. The third-order valence-corrected chi connectivity index (χ3v) is 4.95. The van der Waals surface area contributed by atoms with Gasteiger partial charge in [-0.1, -0.05) is 30.3 Å². The van der Waals surface area contributed by atoms with E-state index >= 15 is 0 Å². The zero-order chi connectivity index (χ0) is 25.3. The van der Waals surface area contributed by atoms with Crippen LogP contribution in [0, 0.1) is 11.6 Å². The predicted octanol–water partition coefficient (Wildman–Crippen LogP) is 5.47. The molecule has 0 radical (unpaired) electrons. The number of hydrogen-bond donors (Lipinski definition) is 1. The Balaban J connectivity index is 1.74. The second kappa shape index (κ2) is 9.16. The zero-order valence-electron chi connectivity index (χ0n) is 18.4. The average molecular weight is 487 g/mol. The number of nitrogens with zero attached hydrogens (tertiary/aromatic N) is 4. The lowest BCUT2D eigenvalue weighted by Crippen LogP contribution is -2.18. The van der Waals surface area contributed by atoms with Gasteiger partial charge in [0.1, 0.15) is 23.0 Å². The zero-order valence-corrected chi connectivity index (χ0v) is 18.4. The van der Waals surface area contributed by atoms with Crippen molar-refractivity contribution >= 4 is 28.6 Å².